The predicted molar refractivity (Wildman–Crippen MR) is 127 cm³/mol. The second-order valence-corrected chi connectivity index (χ2v) is 11.7. The van der Waals surface area contributed by atoms with E-state index in [0.29, 0.717) is 36.3 Å². The second-order valence-electron chi connectivity index (χ2n) is 8.14. The van der Waals surface area contributed by atoms with Crippen LogP contribution in [0.4, 0.5) is 11.4 Å². The van der Waals surface area contributed by atoms with Gasteiger partial charge in [-0.2, -0.15) is 0 Å². The number of hydrogen-bond donors (Lipinski definition) is 1. The fraction of sp³-hybridized carbons (Fsp3) is 0.250. The monoisotopic (exact) mass is 470 g/mol. The summed E-state index contributed by atoms with van der Waals surface area (Å²) in [4.78, 5) is 0.481. The molecular formula is C24H26N2O4S2. The van der Waals surface area contributed by atoms with E-state index in [1.54, 1.807) is 61.5 Å². The van der Waals surface area contributed by atoms with Gasteiger partial charge in [0.2, 0.25) is 0 Å². The number of benzene rings is 3. The fourth-order valence-corrected chi connectivity index (χ4v) is 6.85. The largest absolute Gasteiger partial charge is 0.280 e. The lowest BCUT2D eigenvalue weighted by molar-refractivity contribution is 0.586. The van der Waals surface area contributed by atoms with Gasteiger partial charge in [0.1, 0.15) is 0 Å². The standard InChI is InChI=1S/C24H26N2O4S2/c1-17-9-12-22(13-10-17)32(29,30)26-15-5-7-20-16-21(11-14-23(20)26)25-31(27,28)24-8-4-6-18(2)19(24)3/h4,6,8-14,16,25H,5,7,15H2,1-3H3. The molecule has 8 heteroatoms. The Balaban J connectivity index is 1.67. The Morgan fingerprint density at radius 1 is 0.875 bits per heavy atom. The Morgan fingerprint density at radius 3 is 2.31 bits per heavy atom. The molecule has 0 unspecified atom stereocenters. The quantitative estimate of drug-likeness (QED) is 0.593. The molecule has 0 aromatic heterocycles. The molecule has 6 nitrogen and oxygen atoms in total. The van der Waals surface area contributed by atoms with Gasteiger partial charge in [0.25, 0.3) is 20.0 Å². The van der Waals surface area contributed by atoms with E-state index in [-0.39, 0.29) is 9.79 Å². The molecule has 0 atom stereocenters. The highest BCUT2D eigenvalue weighted by Gasteiger charge is 2.29. The minimum absolute atomic E-state index is 0.235. The Labute approximate surface area is 190 Å². The zero-order valence-corrected chi connectivity index (χ0v) is 19.9. The van der Waals surface area contributed by atoms with Gasteiger partial charge in [-0.05, 0) is 86.7 Å². The van der Waals surface area contributed by atoms with Crippen molar-refractivity contribution in [3.05, 3.63) is 82.9 Å². The van der Waals surface area contributed by atoms with Gasteiger partial charge in [-0.1, -0.05) is 29.8 Å². The van der Waals surface area contributed by atoms with Crippen LogP contribution in [-0.2, 0) is 26.5 Å². The Bertz CT molecular complexity index is 1380. The first-order valence-corrected chi connectivity index (χ1v) is 13.3. The summed E-state index contributed by atoms with van der Waals surface area (Å²) in [5.41, 5.74) is 4.39. The average molecular weight is 471 g/mol. The highest BCUT2D eigenvalue weighted by atomic mass is 32.2. The zero-order chi connectivity index (χ0) is 23.1. The molecule has 0 radical (unpaired) electrons. The number of sulfonamides is 2. The number of fused-ring (bicyclic) bond motifs is 1. The van der Waals surface area contributed by atoms with Crippen molar-refractivity contribution in [2.75, 3.05) is 15.6 Å². The second kappa shape index (κ2) is 8.26. The maximum atomic E-state index is 13.2. The average Bonchev–Trinajstić information content (AvgIpc) is 2.75. The summed E-state index contributed by atoms with van der Waals surface area (Å²) in [6.45, 7) is 5.95. The zero-order valence-electron chi connectivity index (χ0n) is 18.3. The molecule has 32 heavy (non-hydrogen) atoms. The highest BCUT2D eigenvalue weighted by Crippen LogP contribution is 2.34. The predicted octanol–water partition coefficient (Wildman–Crippen LogP) is 4.55. The third kappa shape index (κ3) is 4.12. The van der Waals surface area contributed by atoms with Crippen molar-refractivity contribution in [3.63, 3.8) is 0 Å². The number of rotatable bonds is 5. The molecule has 0 saturated heterocycles. The number of hydrogen-bond acceptors (Lipinski definition) is 4. The van der Waals surface area contributed by atoms with E-state index >= 15 is 0 Å². The molecule has 3 aromatic carbocycles. The van der Waals surface area contributed by atoms with Crippen LogP contribution in [0, 0.1) is 20.8 Å². The van der Waals surface area contributed by atoms with E-state index in [0.717, 1.165) is 16.7 Å². The van der Waals surface area contributed by atoms with Crippen LogP contribution >= 0.6 is 0 Å². The van der Waals surface area contributed by atoms with Crippen LogP contribution in [0.5, 0.6) is 0 Å². The van der Waals surface area contributed by atoms with Gasteiger partial charge in [-0.15, -0.1) is 0 Å². The van der Waals surface area contributed by atoms with Crippen LogP contribution < -0.4 is 9.03 Å². The highest BCUT2D eigenvalue weighted by molar-refractivity contribution is 7.93. The van der Waals surface area contributed by atoms with Crippen LogP contribution in [0.2, 0.25) is 0 Å². The summed E-state index contributed by atoms with van der Waals surface area (Å²) >= 11 is 0. The summed E-state index contributed by atoms with van der Waals surface area (Å²) in [5, 5.41) is 0. The first-order chi connectivity index (χ1) is 15.1. The number of anilines is 2. The molecule has 0 fully saturated rings. The van der Waals surface area contributed by atoms with E-state index in [1.807, 2.05) is 19.9 Å². The molecule has 0 bridgehead atoms. The summed E-state index contributed by atoms with van der Waals surface area (Å²) in [7, 11) is -7.46. The number of aryl methyl sites for hydroxylation is 3. The lowest BCUT2D eigenvalue weighted by Crippen LogP contribution is -2.35. The summed E-state index contributed by atoms with van der Waals surface area (Å²) in [6, 6.07) is 17.0. The van der Waals surface area contributed by atoms with E-state index in [9.17, 15) is 16.8 Å². The molecule has 1 heterocycles. The Hall–Kier alpha value is -2.84. The third-order valence-corrected chi connectivity index (χ3v) is 9.21. The van der Waals surface area contributed by atoms with Crippen molar-refractivity contribution in [2.45, 2.75) is 43.4 Å². The molecular weight excluding hydrogens is 444 g/mol. The van der Waals surface area contributed by atoms with Crippen LogP contribution in [0.3, 0.4) is 0 Å². The van der Waals surface area contributed by atoms with Crippen LogP contribution in [0.25, 0.3) is 0 Å². The molecule has 0 aliphatic carbocycles. The molecule has 1 aliphatic rings. The first-order valence-electron chi connectivity index (χ1n) is 10.4. The van der Waals surface area contributed by atoms with Gasteiger partial charge in [0.05, 0.1) is 15.5 Å². The van der Waals surface area contributed by atoms with Crippen LogP contribution in [0.1, 0.15) is 28.7 Å². The van der Waals surface area contributed by atoms with E-state index in [1.165, 1.54) is 4.31 Å². The summed E-state index contributed by atoms with van der Waals surface area (Å²) in [5.74, 6) is 0. The minimum Gasteiger partial charge on any atom is -0.280 e. The van der Waals surface area contributed by atoms with Gasteiger partial charge in [0, 0.05) is 12.2 Å². The first kappa shape index (κ1) is 22.4. The van der Waals surface area contributed by atoms with Gasteiger partial charge in [-0.25, -0.2) is 16.8 Å². The topological polar surface area (TPSA) is 83.6 Å². The molecule has 0 amide bonds. The van der Waals surface area contributed by atoms with Crippen molar-refractivity contribution in [2.24, 2.45) is 0 Å². The molecule has 3 aromatic rings. The van der Waals surface area contributed by atoms with Crippen molar-refractivity contribution >= 4 is 31.4 Å². The Morgan fingerprint density at radius 2 is 1.59 bits per heavy atom. The lowest BCUT2D eigenvalue weighted by Gasteiger charge is -2.31. The maximum Gasteiger partial charge on any atom is 0.264 e. The molecule has 1 N–H and O–H groups in total. The van der Waals surface area contributed by atoms with Gasteiger partial charge >= 0.3 is 0 Å². The maximum absolute atomic E-state index is 13.2. The van der Waals surface area contributed by atoms with Crippen LogP contribution in [-0.4, -0.2) is 23.4 Å². The van der Waals surface area contributed by atoms with Gasteiger partial charge in [0.15, 0.2) is 0 Å². The molecule has 0 saturated carbocycles. The third-order valence-electron chi connectivity index (χ3n) is 5.86. The SMILES string of the molecule is Cc1ccc(S(=O)(=O)N2CCCc3cc(NS(=O)(=O)c4cccc(C)c4C)ccc32)cc1. The lowest BCUT2D eigenvalue weighted by atomic mass is 10.0. The molecule has 0 spiro atoms. The van der Waals surface area contributed by atoms with E-state index in [4.69, 9.17) is 0 Å². The minimum atomic E-state index is -3.76. The number of nitrogens with one attached hydrogen (secondary N) is 1. The van der Waals surface area contributed by atoms with Crippen molar-refractivity contribution < 1.29 is 16.8 Å². The Kier molecular flexibility index (Phi) is 5.77. The van der Waals surface area contributed by atoms with E-state index < -0.39 is 20.0 Å². The van der Waals surface area contributed by atoms with Crippen molar-refractivity contribution in [1.29, 1.82) is 0 Å². The van der Waals surface area contributed by atoms with Crippen molar-refractivity contribution in [1.82, 2.24) is 0 Å². The molecule has 4 rings (SSSR count). The molecule has 168 valence electrons. The smallest absolute Gasteiger partial charge is 0.264 e. The molecule has 1 aliphatic heterocycles. The fourth-order valence-electron chi connectivity index (χ4n) is 3.94. The normalized spacial score (nSPS) is 14.2. The summed E-state index contributed by atoms with van der Waals surface area (Å²) < 4.78 is 56.5. The van der Waals surface area contributed by atoms with Gasteiger partial charge in [-0.3, -0.25) is 9.03 Å². The summed E-state index contributed by atoms with van der Waals surface area (Å²) in [6.07, 6.45) is 1.33. The number of nitrogens with zero attached hydrogens (tertiary/aromatic N) is 1. The van der Waals surface area contributed by atoms with Crippen molar-refractivity contribution in [3.8, 4) is 0 Å². The van der Waals surface area contributed by atoms with Gasteiger partial charge < -0.3 is 0 Å². The van der Waals surface area contributed by atoms with E-state index in [2.05, 4.69) is 4.72 Å². The van der Waals surface area contributed by atoms with Crippen LogP contribution in [0.15, 0.2) is 70.5 Å².